The third kappa shape index (κ3) is 6.67. The molecule has 0 bridgehead atoms. The summed E-state index contributed by atoms with van der Waals surface area (Å²) in [6.45, 7) is 0. The van der Waals surface area contributed by atoms with Crippen LogP contribution in [0.4, 0.5) is 0 Å². The first-order chi connectivity index (χ1) is 7.43. The van der Waals surface area contributed by atoms with E-state index >= 15 is 0 Å². The summed E-state index contributed by atoms with van der Waals surface area (Å²) in [7, 11) is 0. The average molecular weight is 270 g/mol. The van der Waals surface area contributed by atoms with Crippen LogP contribution in [0.5, 0.6) is 0 Å². The summed E-state index contributed by atoms with van der Waals surface area (Å²) >= 11 is 3.46. The zero-order valence-electron chi connectivity index (χ0n) is 9.29. The maximum Gasteiger partial charge on any atom is 0.0299 e. The average Bonchev–Trinajstić information content (AvgIpc) is 2.29. The molecule has 0 saturated carbocycles. The summed E-state index contributed by atoms with van der Waals surface area (Å²) in [5, 5.41) is 1.16. The van der Waals surface area contributed by atoms with Crippen molar-refractivity contribution in [1.82, 2.24) is 4.98 Å². The number of rotatable bonds is 8. The Morgan fingerprint density at radius 2 is 1.73 bits per heavy atom. The molecule has 1 rings (SSSR count). The minimum Gasteiger partial charge on any atom is -0.264 e. The fraction of sp³-hybridized carbons (Fsp3) is 0.615. The summed E-state index contributed by atoms with van der Waals surface area (Å²) in [5.74, 6) is 0. The van der Waals surface area contributed by atoms with E-state index in [-0.39, 0.29) is 0 Å². The molecule has 0 unspecified atom stereocenters. The fourth-order valence-electron chi connectivity index (χ4n) is 1.68. The van der Waals surface area contributed by atoms with E-state index in [4.69, 9.17) is 0 Å². The standard InChI is InChI=1S/C13H20BrN/c14-10-6-4-2-1-3-5-8-13-9-7-11-15-12-13/h7,9,11-12H,1-6,8,10H2. The van der Waals surface area contributed by atoms with Gasteiger partial charge in [-0.3, -0.25) is 4.98 Å². The molecule has 15 heavy (non-hydrogen) atoms. The van der Waals surface area contributed by atoms with Crippen molar-refractivity contribution in [3.8, 4) is 0 Å². The molecule has 0 amide bonds. The number of aryl methyl sites for hydroxylation is 1. The number of hydrogen-bond donors (Lipinski definition) is 0. The van der Waals surface area contributed by atoms with Crippen LogP contribution in [0.25, 0.3) is 0 Å². The summed E-state index contributed by atoms with van der Waals surface area (Å²) in [5.41, 5.74) is 1.37. The van der Waals surface area contributed by atoms with Gasteiger partial charge in [-0.15, -0.1) is 0 Å². The highest BCUT2D eigenvalue weighted by Gasteiger charge is 1.93. The van der Waals surface area contributed by atoms with Gasteiger partial charge in [-0.1, -0.05) is 47.7 Å². The van der Waals surface area contributed by atoms with Gasteiger partial charge in [-0.2, -0.15) is 0 Å². The molecule has 1 nitrogen and oxygen atoms in total. The second-order valence-electron chi connectivity index (χ2n) is 3.92. The van der Waals surface area contributed by atoms with Crippen molar-refractivity contribution in [2.75, 3.05) is 5.33 Å². The van der Waals surface area contributed by atoms with E-state index in [1.54, 1.807) is 0 Å². The van der Waals surface area contributed by atoms with Crippen molar-refractivity contribution >= 4 is 15.9 Å². The molecule has 0 aliphatic heterocycles. The zero-order chi connectivity index (χ0) is 10.8. The minimum atomic E-state index is 1.16. The molecule has 0 radical (unpaired) electrons. The van der Waals surface area contributed by atoms with E-state index in [1.807, 2.05) is 18.5 Å². The van der Waals surface area contributed by atoms with Gasteiger partial charge in [0.1, 0.15) is 0 Å². The lowest BCUT2D eigenvalue weighted by Gasteiger charge is -2.01. The van der Waals surface area contributed by atoms with E-state index in [9.17, 15) is 0 Å². The lowest BCUT2D eigenvalue weighted by molar-refractivity contribution is 0.609. The second kappa shape index (κ2) is 8.90. The maximum atomic E-state index is 4.12. The molecule has 0 fully saturated rings. The van der Waals surface area contributed by atoms with Gasteiger partial charge in [0.15, 0.2) is 0 Å². The summed E-state index contributed by atoms with van der Waals surface area (Å²) in [4.78, 5) is 4.12. The number of aromatic nitrogens is 1. The Labute approximate surface area is 101 Å². The molecule has 1 heterocycles. The largest absolute Gasteiger partial charge is 0.264 e. The maximum absolute atomic E-state index is 4.12. The molecular formula is C13H20BrN. The Morgan fingerprint density at radius 1 is 1.00 bits per heavy atom. The van der Waals surface area contributed by atoms with Crippen LogP contribution in [0, 0.1) is 0 Å². The van der Waals surface area contributed by atoms with Crippen molar-refractivity contribution in [2.24, 2.45) is 0 Å². The highest BCUT2D eigenvalue weighted by Crippen LogP contribution is 2.09. The van der Waals surface area contributed by atoms with Crippen molar-refractivity contribution in [3.63, 3.8) is 0 Å². The fourth-order valence-corrected chi connectivity index (χ4v) is 2.07. The van der Waals surface area contributed by atoms with E-state index in [2.05, 4.69) is 27.0 Å². The van der Waals surface area contributed by atoms with Crippen LogP contribution in [0.15, 0.2) is 24.5 Å². The van der Waals surface area contributed by atoms with Crippen molar-refractivity contribution in [2.45, 2.75) is 44.9 Å². The van der Waals surface area contributed by atoms with Crippen LogP contribution in [0.3, 0.4) is 0 Å². The van der Waals surface area contributed by atoms with Crippen LogP contribution < -0.4 is 0 Å². The number of alkyl halides is 1. The van der Waals surface area contributed by atoms with Gasteiger partial charge < -0.3 is 0 Å². The molecule has 0 spiro atoms. The van der Waals surface area contributed by atoms with Crippen LogP contribution in [0.1, 0.15) is 44.1 Å². The number of nitrogens with zero attached hydrogens (tertiary/aromatic N) is 1. The molecule has 0 aromatic carbocycles. The normalized spacial score (nSPS) is 10.5. The highest BCUT2D eigenvalue weighted by atomic mass is 79.9. The minimum absolute atomic E-state index is 1.16. The first kappa shape index (κ1) is 12.7. The second-order valence-corrected chi connectivity index (χ2v) is 4.71. The number of halogens is 1. The molecule has 0 aliphatic rings. The molecule has 1 aromatic heterocycles. The third-order valence-corrected chi connectivity index (χ3v) is 3.13. The van der Waals surface area contributed by atoms with Gasteiger partial charge in [0.25, 0.3) is 0 Å². The van der Waals surface area contributed by atoms with E-state index < -0.39 is 0 Å². The lowest BCUT2D eigenvalue weighted by Crippen LogP contribution is -1.87. The molecule has 0 N–H and O–H groups in total. The lowest BCUT2D eigenvalue weighted by atomic mass is 10.1. The predicted molar refractivity (Wildman–Crippen MR) is 69.4 cm³/mol. The monoisotopic (exact) mass is 269 g/mol. The Kier molecular flexibility index (Phi) is 7.53. The summed E-state index contributed by atoms with van der Waals surface area (Å²) in [6.07, 6.45) is 13.1. The van der Waals surface area contributed by atoms with Crippen molar-refractivity contribution in [3.05, 3.63) is 30.1 Å². The molecule has 2 heteroatoms. The Hall–Kier alpha value is -0.370. The van der Waals surface area contributed by atoms with Crippen LogP contribution in [-0.4, -0.2) is 10.3 Å². The first-order valence-electron chi connectivity index (χ1n) is 5.88. The van der Waals surface area contributed by atoms with Crippen molar-refractivity contribution < 1.29 is 0 Å². The first-order valence-corrected chi connectivity index (χ1v) is 7.00. The topological polar surface area (TPSA) is 12.9 Å². The number of pyridine rings is 1. The number of unbranched alkanes of at least 4 members (excludes halogenated alkanes) is 5. The van der Waals surface area contributed by atoms with Gasteiger partial charge in [0.2, 0.25) is 0 Å². The molecule has 0 saturated heterocycles. The molecule has 0 atom stereocenters. The highest BCUT2D eigenvalue weighted by molar-refractivity contribution is 9.09. The molecule has 1 aromatic rings. The van der Waals surface area contributed by atoms with Crippen LogP contribution >= 0.6 is 15.9 Å². The Bertz CT molecular complexity index is 236. The van der Waals surface area contributed by atoms with E-state index in [1.165, 1.54) is 50.5 Å². The van der Waals surface area contributed by atoms with Crippen molar-refractivity contribution in [1.29, 1.82) is 0 Å². The van der Waals surface area contributed by atoms with Crippen LogP contribution in [0.2, 0.25) is 0 Å². The predicted octanol–water partition coefficient (Wildman–Crippen LogP) is 4.36. The summed E-state index contributed by atoms with van der Waals surface area (Å²) in [6, 6.07) is 4.18. The number of hydrogen-bond acceptors (Lipinski definition) is 1. The SMILES string of the molecule is BrCCCCCCCCc1cccnc1. The Balaban J connectivity index is 1.93. The van der Waals surface area contributed by atoms with E-state index in [0.29, 0.717) is 0 Å². The quantitative estimate of drug-likeness (QED) is 0.505. The Morgan fingerprint density at radius 3 is 2.40 bits per heavy atom. The third-order valence-electron chi connectivity index (χ3n) is 2.57. The zero-order valence-corrected chi connectivity index (χ0v) is 10.9. The van der Waals surface area contributed by atoms with Gasteiger partial charge in [0, 0.05) is 17.7 Å². The summed E-state index contributed by atoms with van der Waals surface area (Å²) < 4.78 is 0. The molecule has 84 valence electrons. The van der Waals surface area contributed by atoms with Gasteiger partial charge in [-0.25, -0.2) is 0 Å². The van der Waals surface area contributed by atoms with Gasteiger partial charge >= 0.3 is 0 Å². The van der Waals surface area contributed by atoms with Gasteiger partial charge in [-0.05, 0) is 30.9 Å². The molecule has 0 aliphatic carbocycles. The molecular weight excluding hydrogens is 250 g/mol. The van der Waals surface area contributed by atoms with Crippen LogP contribution in [-0.2, 0) is 6.42 Å². The smallest absolute Gasteiger partial charge is 0.0299 e. The van der Waals surface area contributed by atoms with E-state index in [0.717, 1.165) is 5.33 Å². The van der Waals surface area contributed by atoms with Gasteiger partial charge in [0.05, 0.1) is 0 Å².